The molecule has 0 radical (unpaired) electrons. The smallest absolute Gasteiger partial charge is 0.410 e. The molecule has 2 saturated heterocycles. The van der Waals surface area contributed by atoms with Crippen molar-refractivity contribution >= 4 is 28.8 Å². The van der Waals surface area contributed by atoms with Crippen LogP contribution in [0.4, 0.5) is 4.79 Å². The molecule has 2 aliphatic rings. The van der Waals surface area contributed by atoms with Crippen molar-refractivity contribution in [2.45, 2.75) is 65.0 Å². The van der Waals surface area contributed by atoms with E-state index in [1.807, 2.05) is 49.4 Å². The van der Waals surface area contributed by atoms with Gasteiger partial charge in [0.2, 0.25) is 5.91 Å². The van der Waals surface area contributed by atoms with Gasteiger partial charge in [0.1, 0.15) is 11.1 Å². The van der Waals surface area contributed by atoms with Gasteiger partial charge in [-0.05, 0) is 59.4 Å². The second-order valence-electron chi connectivity index (χ2n) is 10.4. The van der Waals surface area contributed by atoms with E-state index in [4.69, 9.17) is 15.6 Å². The first kappa shape index (κ1) is 24.0. The third-order valence-electron chi connectivity index (χ3n) is 6.86. The van der Waals surface area contributed by atoms with Crippen molar-refractivity contribution in [3.05, 3.63) is 29.5 Å². The summed E-state index contributed by atoms with van der Waals surface area (Å²) in [6.45, 7) is 10.0. The van der Waals surface area contributed by atoms with Crippen LogP contribution in [-0.2, 0) is 9.53 Å². The van der Waals surface area contributed by atoms with Crippen LogP contribution in [0.2, 0.25) is 0 Å². The average molecular weight is 470 g/mol. The van der Waals surface area contributed by atoms with Crippen molar-refractivity contribution < 1.29 is 19.1 Å². The van der Waals surface area contributed by atoms with E-state index in [0.717, 1.165) is 23.9 Å². The summed E-state index contributed by atoms with van der Waals surface area (Å²) in [5.74, 6) is -0.351. The summed E-state index contributed by atoms with van der Waals surface area (Å²) in [5.41, 5.74) is 7.10. The van der Waals surface area contributed by atoms with Crippen molar-refractivity contribution in [1.82, 2.24) is 19.6 Å². The van der Waals surface area contributed by atoms with Crippen molar-refractivity contribution in [3.8, 4) is 0 Å². The molecule has 3 heterocycles. The van der Waals surface area contributed by atoms with E-state index in [-0.39, 0.29) is 24.0 Å². The number of carbonyl (C=O) groups excluding carboxylic acids is 3. The number of nitrogens with zero attached hydrogens (tertiary/aromatic N) is 4. The van der Waals surface area contributed by atoms with E-state index in [9.17, 15) is 14.4 Å². The van der Waals surface area contributed by atoms with Crippen LogP contribution in [0, 0.1) is 12.8 Å². The first-order valence-corrected chi connectivity index (χ1v) is 12.1. The Balaban J connectivity index is 1.34. The summed E-state index contributed by atoms with van der Waals surface area (Å²) in [6, 6.07) is 5.67. The van der Waals surface area contributed by atoms with Crippen LogP contribution in [0.3, 0.4) is 0 Å². The fourth-order valence-corrected chi connectivity index (χ4v) is 5.03. The van der Waals surface area contributed by atoms with Gasteiger partial charge in [-0.1, -0.05) is 12.1 Å². The Labute approximate surface area is 200 Å². The molecule has 2 aromatic rings. The molecule has 0 atom stereocenters. The lowest BCUT2D eigenvalue weighted by atomic mass is 9.94. The number of nitrogens with two attached hydrogens (primary N) is 1. The van der Waals surface area contributed by atoms with Crippen LogP contribution >= 0.6 is 0 Å². The monoisotopic (exact) mass is 469 g/mol. The topological polar surface area (TPSA) is 111 Å². The van der Waals surface area contributed by atoms with Crippen LogP contribution in [0.15, 0.2) is 18.2 Å². The average Bonchev–Trinajstić information content (AvgIpc) is 3.14. The van der Waals surface area contributed by atoms with Crippen molar-refractivity contribution in [2.24, 2.45) is 11.7 Å². The molecule has 0 saturated carbocycles. The van der Waals surface area contributed by atoms with Gasteiger partial charge in [-0.25, -0.2) is 4.79 Å². The highest BCUT2D eigenvalue weighted by atomic mass is 16.6. The second-order valence-corrected chi connectivity index (χ2v) is 10.4. The molecule has 0 unspecified atom stereocenters. The number of benzene rings is 1. The minimum atomic E-state index is -0.520. The molecule has 2 fully saturated rings. The van der Waals surface area contributed by atoms with E-state index in [0.29, 0.717) is 50.1 Å². The van der Waals surface area contributed by atoms with Crippen molar-refractivity contribution in [3.63, 3.8) is 0 Å². The van der Waals surface area contributed by atoms with Gasteiger partial charge in [0, 0.05) is 43.2 Å². The van der Waals surface area contributed by atoms with E-state index >= 15 is 0 Å². The zero-order valence-electron chi connectivity index (χ0n) is 20.5. The van der Waals surface area contributed by atoms with Gasteiger partial charge in [0.15, 0.2) is 0 Å². The summed E-state index contributed by atoms with van der Waals surface area (Å²) < 4.78 is 7.45. The number of primary amides is 1. The Morgan fingerprint density at radius 3 is 2.21 bits per heavy atom. The molecule has 0 aliphatic carbocycles. The van der Waals surface area contributed by atoms with Crippen LogP contribution in [0.1, 0.15) is 68.5 Å². The van der Waals surface area contributed by atoms with E-state index in [1.165, 1.54) is 0 Å². The lowest BCUT2D eigenvalue weighted by Crippen LogP contribution is -2.47. The zero-order chi connectivity index (χ0) is 24.6. The summed E-state index contributed by atoms with van der Waals surface area (Å²) in [4.78, 5) is 40.9. The number of carbonyl (C=O) groups is 3. The predicted molar refractivity (Wildman–Crippen MR) is 128 cm³/mol. The number of hydrogen-bond acceptors (Lipinski definition) is 5. The normalized spacial score (nSPS) is 18.4. The largest absolute Gasteiger partial charge is 0.444 e. The number of rotatable bonds is 3. The Morgan fingerprint density at radius 1 is 1.00 bits per heavy atom. The fourth-order valence-electron chi connectivity index (χ4n) is 5.03. The highest BCUT2D eigenvalue weighted by molar-refractivity contribution is 6.05. The first-order chi connectivity index (χ1) is 16.0. The number of hydrogen-bond donors (Lipinski definition) is 1. The molecule has 2 N–H and O–H groups in total. The highest BCUT2D eigenvalue weighted by Crippen LogP contribution is 2.30. The van der Waals surface area contributed by atoms with Gasteiger partial charge in [-0.2, -0.15) is 5.10 Å². The summed E-state index contributed by atoms with van der Waals surface area (Å²) in [7, 11) is 0. The van der Waals surface area contributed by atoms with E-state index in [2.05, 4.69) is 0 Å². The maximum atomic E-state index is 13.1. The zero-order valence-corrected chi connectivity index (χ0v) is 20.5. The summed E-state index contributed by atoms with van der Waals surface area (Å²) in [6.07, 6.45) is 2.64. The molecule has 3 amide bonds. The summed E-state index contributed by atoms with van der Waals surface area (Å²) in [5, 5.41) is 5.67. The molecule has 0 bridgehead atoms. The minimum absolute atomic E-state index is 0.0533. The van der Waals surface area contributed by atoms with Crippen LogP contribution in [-0.4, -0.2) is 69.3 Å². The molecule has 2 aliphatic heterocycles. The highest BCUT2D eigenvalue weighted by Gasteiger charge is 2.34. The molecule has 9 nitrogen and oxygen atoms in total. The molecule has 9 heteroatoms. The molecule has 34 heavy (non-hydrogen) atoms. The minimum Gasteiger partial charge on any atom is -0.444 e. The number of fused-ring (bicyclic) bond motifs is 1. The van der Waals surface area contributed by atoms with Crippen molar-refractivity contribution in [1.29, 1.82) is 0 Å². The molecule has 4 rings (SSSR count). The van der Waals surface area contributed by atoms with Gasteiger partial charge < -0.3 is 20.3 Å². The Hall–Kier alpha value is -3.10. The molecule has 184 valence electrons. The lowest BCUT2D eigenvalue weighted by molar-refractivity contribution is -0.138. The van der Waals surface area contributed by atoms with E-state index in [1.54, 1.807) is 11.0 Å². The third-order valence-corrected chi connectivity index (χ3v) is 6.86. The first-order valence-electron chi connectivity index (χ1n) is 12.1. The number of aryl methyl sites for hydroxylation is 1. The van der Waals surface area contributed by atoms with Gasteiger partial charge in [-0.15, -0.1) is 0 Å². The van der Waals surface area contributed by atoms with Gasteiger partial charge >= 0.3 is 6.09 Å². The van der Waals surface area contributed by atoms with E-state index < -0.39 is 11.5 Å². The van der Waals surface area contributed by atoms with Gasteiger partial charge in [0.25, 0.3) is 5.91 Å². The predicted octanol–water partition coefficient (Wildman–Crippen LogP) is 3.25. The molecule has 1 aromatic carbocycles. The molecular weight excluding hydrogens is 434 g/mol. The Bertz CT molecular complexity index is 1090. The molecule has 0 spiro atoms. The fraction of sp³-hybridized carbons (Fsp3) is 0.600. The number of piperidine rings is 2. The lowest BCUT2D eigenvalue weighted by Gasteiger charge is -2.37. The second kappa shape index (κ2) is 9.27. The Morgan fingerprint density at radius 2 is 1.62 bits per heavy atom. The number of likely N-dealkylation sites (tertiary alicyclic amines) is 2. The Kier molecular flexibility index (Phi) is 6.55. The molecular formula is C25H35N5O4. The van der Waals surface area contributed by atoms with Gasteiger partial charge in [-0.3, -0.25) is 14.3 Å². The quantitative estimate of drug-likeness (QED) is 0.742. The number of amides is 3. The van der Waals surface area contributed by atoms with Crippen molar-refractivity contribution in [2.75, 3.05) is 26.2 Å². The number of aromatic nitrogens is 2. The maximum absolute atomic E-state index is 13.1. The van der Waals surface area contributed by atoms with Crippen LogP contribution in [0.25, 0.3) is 10.9 Å². The standard InChI is InChI=1S/C25H35N5O4/c1-16-19-6-5-7-20(22(26)31)21(19)27-30(16)18-10-14-28(15-11-18)23(32)17-8-12-29(13-9-17)24(33)34-25(2,3)4/h5-7,17-18H,8-15H2,1-4H3,(H2,26,31). The summed E-state index contributed by atoms with van der Waals surface area (Å²) >= 11 is 0. The number of ether oxygens (including phenoxy) is 1. The third kappa shape index (κ3) is 4.88. The maximum Gasteiger partial charge on any atom is 0.410 e. The van der Waals surface area contributed by atoms with Crippen LogP contribution < -0.4 is 5.73 Å². The van der Waals surface area contributed by atoms with Crippen LogP contribution in [0.5, 0.6) is 0 Å². The molecule has 1 aromatic heterocycles. The van der Waals surface area contributed by atoms with Gasteiger partial charge in [0.05, 0.1) is 11.6 Å². The SMILES string of the molecule is Cc1c2cccc(C(N)=O)c2nn1C1CCN(C(=O)C2CCN(C(=O)OC(C)(C)C)CC2)CC1.